The fraction of sp³-hybridized carbons (Fsp3) is 0.400. The van der Waals surface area contributed by atoms with Crippen molar-refractivity contribution in [1.82, 2.24) is 4.98 Å². The van der Waals surface area contributed by atoms with Gasteiger partial charge in [-0.05, 0) is 44.0 Å². The summed E-state index contributed by atoms with van der Waals surface area (Å²) in [6.45, 7) is 8.08. The predicted molar refractivity (Wildman–Crippen MR) is 128 cm³/mol. The van der Waals surface area contributed by atoms with Gasteiger partial charge in [-0.3, -0.25) is 4.98 Å². The van der Waals surface area contributed by atoms with Crippen LogP contribution in [0.25, 0.3) is 10.9 Å². The lowest BCUT2D eigenvalue weighted by Gasteiger charge is -2.19. The molecule has 1 aromatic heterocycles. The zero-order valence-corrected chi connectivity index (χ0v) is 18.9. The maximum absolute atomic E-state index is 5.64. The molecular formula is C25H33N3O3. The molecule has 0 aliphatic heterocycles. The van der Waals surface area contributed by atoms with Crippen molar-refractivity contribution in [2.24, 2.45) is 0 Å². The van der Waals surface area contributed by atoms with Gasteiger partial charge in [-0.15, -0.1) is 0 Å². The van der Waals surface area contributed by atoms with E-state index in [9.17, 15) is 0 Å². The number of nitrogens with one attached hydrogen (secondary N) is 2. The molecule has 0 bridgehead atoms. The molecule has 0 spiro atoms. The van der Waals surface area contributed by atoms with Gasteiger partial charge in [0, 0.05) is 55.2 Å². The van der Waals surface area contributed by atoms with Gasteiger partial charge in [0.2, 0.25) is 0 Å². The van der Waals surface area contributed by atoms with Crippen LogP contribution >= 0.6 is 0 Å². The lowest BCUT2D eigenvalue weighted by atomic mass is 10.1. The summed E-state index contributed by atoms with van der Waals surface area (Å²) in [5.74, 6) is 0.760. The van der Waals surface area contributed by atoms with E-state index in [1.165, 1.54) is 5.56 Å². The first-order valence-corrected chi connectivity index (χ1v) is 11.0. The number of nitrogens with zero attached hydrogens (tertiary/aromatic N) is 1. The molecule has 6 heteroatoms. The molecule has 6 nitrogen and oxygen atoms in total. The molecule has 2 aromatic carbocycles. The van der Waals surface area contributed by atoms with Gasteiger partial charge in [0.25, 0.3) is 0 Å². The Labute approximate surface area is 184 Å². The van der Waals surface area contributed by atoms with Crippen molar-refractivity contribution in [2.45, 2.75) is 39.9 Å². The molecule has 0 aliphatic rings. The second-order valence-corrected chi connectivity index (χ2v) is 7.12. The van der Waals surface area contributed by atoms with Crippen LogP contribution in [0.3, 0.4) is 0 Å². The highest BCUT2D eigenvalue weighted by atomic mass is 16.7. The summed E-state index contributed by atoms with van der Waals surface area (Å²) in [5.41, 5.74) is 5.19. The molecule has 0 amide bonds. The van der Waals surface area contributed by atoms with Crippen LogP contribution in [-0.2, 0) is 15.9 Å². The van der Waals surface area contributed by atoms with Gasteiger partial charge in [0.1, 0.15) is 5.75 Å². The zero-order chi connectivity index (χ0) is 22.1. The summed E-state index contributed by atoms with van der Waals surface area (Å²) in [6, 6.07) is 14.4. The standard InChI is InChI=1S/C25H33N3O3/c1-5-18-10-8-9-11-20(18)28-21-12-14-26-22-17-24(29-4)23(16-19(21)22)27-15-13-25(30-6-2)31-7-3/h8-12,14,16-17,25,27H,5-7,13,15H2,1-4H3,(H,26,28). The number of anilines is 3. The summed E-state index contributed by atoms with van der Waals surface area (Å²) < 4.78 is 16.9. The summed E-state index contributed by atoms with van der Waals surface area (Å²) in [7, 11) is 1.68. The molecule has 0 fully saturated rings. The molecule has 3 aromatic rings. The highest BCUT2D eigenvalue weighted by molar-refractivity contribution is 5.96. The van der Waals surface area contributed by atoms with Gasteiger partial charge in [-0.25, -0.2) is 0 Å². The van der Waals surface area contributed by atoms with Gasteiger partial charge < -0.3 is 24.8 Å². The van der Waals surface area contributed by atoms with E-state index in [0.717, 1.165) is 46.6 Å². The second-order valence-electron chi connectivity index (χ2n) is 7.12. The number of rotatable bonds is 12. The number of pyridine rings is 1. The Balaban J connectivity index is 1.86. The van der Waals surface area contributed by atoms with Crippen LogP contribution in [0.5, 0.6) is 5.75 Å². The van der Waals surface area contributed by atoms with Crippen molar-refractivity contribution in [3.63, 3.8) is 0 Å². The lowest BCUT2D eigenvalue weighted by Crippen LogP contribution is -2.21. The van der Waals surface area contributed by atoms with Gasteiger partial charge in [-0.1, -0.05) is 25.1 Å². The second kappa shape index (κ2) is 11.5. The Hall–Kier alpha value is -2.83. The Morgan fingerprint density at radius 2 is 1.71 bits per heavy atom. The number of methoxy groups -OCH3 is 1. The van der Waals surface area contributed by atoms with Crippen LogP contribution in [0.4, 0.5) is 17.1 Å². The maximum atomic E-state index is 5.64. The largest absolute Gasteiger partial charge is 0.495 e. The van der Waals surface area contributed by atoms with E-state index < -0.39 is 0 Å². The smallest absolute Gasteiger partial charge is 0.159 e. The summed E-state index contributed by atoms with van der Waals surface area (Å²) in [5, 5.41) is 8.10. The van der Waals surface area contributed by atoms with Crippen molar-refractivity contribution in [1.29, 1.82) is 0 Å². The molecular weight excluding hydrogens is 390 g/mol. The summed E-state index contributed by atoms with van der Waals surface area (Å²) in [6.07, 6.45) is 3.32. The minimum absolute atomic E-state index is 0.210. The third-order valence-electron chi connectivity index (χ3n) is 5.13. The number of ether oxygens (including phenoxy) is 3. The van der Waals surface area contributed by atoms with Crippen LogP contribution in [0.15, 0.2) is 48.7 Å². The van der Waals surface area contributed by atoms with Crippen molar-refractivity contribution < 1.29 is 14.2 Å². The van der Waals surface area contributed by atoms with E-state index >= 15 is 0 Å². The minimum Gasteiger partial charge on any atom is -0.495 e. The Bertz CT molecular complexity index is 971. The van der Waals surface area contributed by atoms with Crippen LogP contribution in [0.2, 0.25) is 0 Å². The maximum Gasteiger partial charge on any atom is 0.159 e. The van der Waals surface area contributed by atoms with E-state index in [1.807, 2.05) is 38.2 Å². The van der Waals surface area contributed by atoms with Crippen LogP contribution in [-0.4, -0.2) is 38.1 Å². The first-order chi connectivity index (χ1) is 15.2. The van der Waals surface area contributed by atoms with E-state index in [2.05, 4.69) is 46.8 Å². The average Bonchev–Trinajstić information content (AvgIpc) is 2.79. The van der Waals surface area contributed by atoms with Gasteiger partial charge in [-0.2, -0.15) is 0 Å². The summed E-state index contributed by atoms with van der Waals surface area (Å²) >= 11 is 0. The fourth-order valence-corrected chi connectivity index (χ4v) is 3.60. The number of para-hydroxylation sites is 1. The molecule has 0 aliphatic carbocycles. The zero-order valence-electron chi connectivity index (χ0n) is 18.9. The van der Waals surface area contributed by atoms with Gasteiger partial charge in [0.15, 0.2) is 6.29 Å². The predicted octanol–water partition coefficient (Wildman–Crippen LogP) is 5.75. The lowest BCUT2D eigenvalue weighted by molar-refractivity contribution is -0.137. The first kappa shape index (κ1) is 22.8. The third kappa shape index (κ3) is 5.87. The average molecular weight is 424 g/mol. The highest BCUT2D eigenvalue weighted by Crippen LogP contribution is 2.34. The van der Waals surface area contributed by atoms with Crippen molar-refractivity contribution in [3.8, 4) is 5.75 Å². The van der Waals surface area contributed by atoms with Crippen molar-refractivity contribution in [3.05, 3.63) is 54.2 Å². The molecule has 0 atom stereocenters. The molecule has 0 saturated heterocycles. The molecule has 166 valence electrons. The van der Waals surface area contributed by atoms with Crippen LogP contribution < -0.4 is 15.4 Å². The van der Waals surface area contributed by atoms with Gasteiger partial charge >= 0.3 is 0 Å². The Morgan fingerprint density at radius 3 is 2.42 bits per heavy atom. The number of hydrogen-bond acceptors (Lipinski definition) is 6. The fourth-order valence-electron chi connectivity index (χ4n) is 3.60. The van der Waals surface area contributed by atoms with Gasteiger partial charge in [0.05, 0.1) is 18.3 Å². The molecule has 3 rings (SSSR count). The minimum atomic E-state index is -0.210. The monoisotopic (exact) mass is 423 g/mol. The van der Waals surface area contributed by atoms with Crippen LogP contribution in [0.1, 0.15) is 32.8 Å². The Kier molecular flexibility index (Phi) is 8.50. The highest BCUT2D eigenvalue weighted by Gasteiger charge is 2.12. The third-order valence-corrected chi connectivity index (χ3v) is 5.13. The molecule has 1 heterocycles. The number of aromatic nitrogens is 1. The molecule has 2 N–H and O–H groups in total. The normalized spacial score (nSPS) is 11.1. The van der Waals surface area contributed by atoms with E-state index in [4.69, 9.17) is 14.2 Å². The molecule has 0 saturated carbocycles. The Morgan fingerprint density at radius 1 is 0.935 bits per heavy atom. The SMILES string of the molecule is CCOC(CCNc1cc2c(Nc3ccccc3CC)ccnc2cc1OC)OCC. The van der Waals surface area contributed by atoms with Crippen LogP contribution in [0, 0.1) is 0 Å². The summed E-state index contributed by atoms with van der Waals surface area (Å²) in [4.78, 5) is 4.55. The quantitative estimate of drug-likeness (QED) is 0.362. The van der Waals surface area contributed by atoms with E-state index in [0.29, 0.717) is 19.8 Å². The first-order valence-electron chi connectivity index (χ1n) is 11.0. The number of benzene rings is 2. The molecule has 0 radical (unpaired) electrons. The topological polar surface area (TPSA) is 64.6 Å². The van der Waals surface area contributed by atoms with E-state index in [-0.39, 0.29) is 6.29 Å². The molecule has 0 unspecified atom stereocenters. The number of aryl methyl sites for hydroxylation is 1. The number of fused-ring (bicyclic) bond motifs is 1. The van der Waals surface area contributed by atoms with Crippen molar-refractivity contribution >= 4 is 28.0 Å². The molecule has 31 heavy (non-hydrogen) atoms. The van der Waals surface area contributed by atoms with E-state index in [1.54, 1.807) is 7.11 Å². The van der Waals surface area contributed by atoms with Crippen molar-refractivity contribution in [2.75, 3.05) is 37.5 Å². The number of hydrogen-bond donors (Lipinski definition) is 2.